The van der Waals surface area contributed by atoms with Crippen molar-refractivity contribution < 1.29 is 18.0 Å². The predicted molar refractivity (Wildman–Crippen MR) is 174 cm³/mol. The van der Waals surface area contributed by atoms with Gasteiger partial charge in [0.15, 0.2) is 9.84 Å². The third-order valence-electron chi connectivity index (χ3n) is 9.96. The van der Waals surface area contributed by atoms with Crippen molar-refractivity contribution in [2.75, 3.05) is 37.6 Å². The number of carbonyl (C=O) groups is 2. The lowest BCUT2D eigenvalue weighted by Crippen LogP contribution is -2.53. The van der Waals surface area contributed by atoms with Gasteiger partial charge in [-0.2, -0.15) is 5.26 Å². The number of likely N-dealkylation sites (tertiary alicyclic amines) is 1. The van der Waals surface area contributed by atoms with Gasteiger partial charge in [-0.25, -0.2) is 8.42 Å². The number of sulfone groups is 1. The Bertz CT molecular complexity index is 1650. The van der Waals surface area contributed by atoms with E-state index < -0.39 is 38.0 Å². The summed E-state index contributed by atoms with van der Waals surface area (Å²) in [6, 6.07) is 13.2. The summed E-state index contributed by atoms with van der Waals surface area (Å²) in [7, 11) is -4.02. The highest BCUT2D eigenvalue weighted by atomic mass is 35.5. The van der Waals surface area contributed by atoms with Crippen LogP contribution in [0.25, 0.3) is 0 Å². The molecule has 2 saturated carbocycles. The zero-order valence-corrected chi connectivity index (χ0v) is 28.2. The summed E-state index contributed by atoms with van der Waals surface area (Å²) in [5.41, 5.74) is -0.0505. The number of carbonyl (C=O) groups excluding carboxylic acids is 2. The third-order valence-corrected chi connectivity index (χ3v) is 12.8. The lowest BCUT2D eigenvalue weighted by Gasteiger charge is -2.43. The molecule has 2 atom stereocenters. The van der Waals surface area contributed by atoms with Crippen LogP contribution in [0.15, 0.2) is 47.4 Å². The number of benzene rings is 2. The van der Waals surface area contributed by atoms with Gasteiger partial charge in [-0.05, 0) is 88.8 Å². The normalized spacial score (nSPS) is 24.2. The van der Waals surface area contributed by atoms with Gasteiger partial charge in [-0.3, -0.25) is 14.5 Å². The van der Waals surface area contributed by atoms with E-state index in [1.807, 2.05) is 12.1 Å². The fraction of sp³-hybridized carbons (Fsp3) is 0.545. The first-order chi connectivity index (χ1) is 21.2. The number of hydrogen-bond acceptors (Lipinski definition) is 7. The van der Waals surface area contributed by atoms with E-state index in [0.717, 1.165) is 37.4 Å². The van der Waals surface area contributed by atoms with Crippen LogP contribution in [0.5, 0.6) is 0 Å². The molecule has 0 aromatic heterocycles. The molecule has 2 aromatic carbocycles. The molecule has 240 valence electrons. The molecule has 45 heavy (non-hydrogen) atoms. The number of anilines is 1. The summed E-state index contributed by atoms with van der Waals surface area (Å²) in [6.07, 6.45) is 2.16. The van der Waals surface area contributed by atoms with E-state index in [2.05, 4.69) is 42.0 Å². The number of hydrogen-bond donors (Lipinski definition) is 1. The highest BCUT2D eigenvalue weighted by Crippen LogP contribution is 2.51. The maximum absolute atomic E-state index is 14.2. The Kier molecular flexibility index (Phi) is 8.17. The van der Waals surface area contributed by atoms with Crippen LogP contribution in [-0.4, -0.2) is 85.1 Å². The second kappa shape index (κ2) is 11.4. The predicted octanol–water partition coefficient (Wildman–Crippen LogP) is 4.56. The Morgan fingerprint density at radius 1 is 0.978 bits per heavy atom. The lowest BCUT2D eigenvalue weighted by molar-refractivity contribution is -0.140. The Morgan fingerprint density at radius 2 is 1.62 bits per heavy atom. The van der Waals surface area contributed by atoms with Gasteiger partial charge in [0, 0.05) is 49.0 Å². The average Bonchev–Trinajstić information content (AvgIpc) is 3.93. The summed E-state index contributed by atoms with van der Waals surface area (Å²) >= 11 is 12.8. The van der Waals surface area contributed by atoms with Crippen LogP contribution in [0.4, 0.5) is 5.69 Å². The Labute approximate surface area is 275 Å². The molecule has 2 saturated heterocycles. The molecule has 2 amide bonds. The summed E-state index contributed by atoms with van der Waals surface area (Å²) < 4.78 is 28.2. The second-order valence-electron chi connectivity index (χ2n) is 13.9. The molecule has 1 N–H and O–H groups in total. The van der Waals surface area contributed by atoms with Crippen molar-refractivity contribution in [1.82, 2.24) is 15.1 Å². The standard InChI is InChI=1S/C33H39Cl2N5O4S/c1-31(2,3)39-16-14-38(15-17-39)24-8-9-28(26(35)18-24)45(43,44)25-19-27(29(41)37-32(21-36)10-11-32)40(20-25)30(42)33(12-13-33)22-4-6-23(34)7-5-22/h4-9,18,25,27H,10-17,19-20H2,1-3H3,(H,37,41)/t25-,27+/m1/s1. The van der Waals surface area contributed by atoms with Crippen molar-refractivity contribution in [3.63, 3.8) is 0 Å². The van der Waals surface area contributed by atoms with Crippen molar-refractivity contribution in [2.45, 2.75) is 85.6 Å². The van der Waals surface area contributed by atoms with E-state index in [-0.39, 0.29) is 34.3 Å². The van der Waals surface area contributed by atoms with Gasteiger partial charge in [-0.15, -0.1) is 0 Å². The van der Waals surface area contributed by atoms with Gasteiger partial charge in [0.2, 0.25) is 11.8 Å². The third kappa shape index (κ3) is 6.05. The zero-order chi connectivity index (χ0) is 32.4. The number of piperazine rings is 1. The molecular formula is C33H39Cl2N5O4S. The summed E-state index contributed by atoms with van der Waals surface area (Å²) in [5, 5.41) is 12.0. The van der Waals surface area contributed by atoms with Gasteiger partial charge in [0.05, 0.1) is 26.7 Å². The van der Waals surface area contributed by atoms with Crippen molar-refractivity contribution in [2.24, 2.45) is 0 Å². The van der Waals surface area contributed by atoms with Crippen molar-refractivity contribution in [3.8, 4) is 6.07 Å². The number of nitrogens with zero attached hydrogens (tertiary/aromatic N) is 4. The maximum atomic E-state index is 14.2. The molecule has 4 fully saturated rings. The Balaban J connectivity index is 1.25. The number of rotatable bonds is 7. The first kappa shape index (κ1) is 32.1. The molecule has 2 aliphatic heterocycles. The van der Waals surface area contributed by atoms with Gasteiger partial charge < -0.3 is 15.1 Å². The molecule has 0 spiro atoms. The Hall–Kier alpha value is -2.84. The van der Waals surface area contributed by atoms with E-state index >= 15 is 0 Å². The Morgan fingerprint density at radius 3 is 2.16 bits per heavy atom. The molecule has 12 heteroatoms. The molecule has 0 unspecified atom stereocenters. The zero-order valence-electron chi connectivity index (χ0n) is 25.9. The van der Waals surface area contributed by atoms with E-state index in [1.54, 1.807) is 30.3 Å². The molecule has 2 aliphatic carbocycles. The fourth-order valence-electron chi connectivity index (χ4n) is 6.73. The van der Waals surface area contributed by atoms with E-state index in [4.69, 9.17) is 23.2 Å². The molecule has 6 rings (SSSR count). The fourth-order valence-corrected chi connectivity index (χ4v) is 9.09. The van der Waals surface area contributed by atoms with Gasteiger partial charge in [0.1, 0.15) is 11.6 Å². The van der Waals surface area contributed by atoms with E-state index in [0.29, 0.717) is 30.7 Å². The topological polar surface area (TPSA) is 114 Å². The summed E-state index contributed by atoms with van der Waals surface area (Å²) in [5.74, 6) is -0.775. The summed E-state index contributed by atoms with van der Waals surface area (Å²) in [6.45, 7) is 9.83. The SMILES string of the molecule is CC(C)(C)N1CCN(c2ccc(S(=O)(=O)[C@@H]3C[C@@H](C(=O)NC4(C#N)CC4)N(C(=O)C4(c5ccc(Cl)cc5)CC4)C3)c(Cl)c2)CC1. The van der Waals surface area contributed by atoms with E-state index in [9.17, 15) is 23.3 Å². The van der Waals surface area contributed by atoms with Crippen molar-refractivity contribution >= 4 is 50.5 Å². The minimum Gasteiger partial charge on any atom is -0.369 e. The maximum Gasteiger partial charge on any atom is 0.244 e. The van der Waals surface area contributed by atoms with Crippen LogP contribution in [0.3, 0.4) is 0 Å². The van der Waals surface area contributed by atoms with Crippen LogP contribution in [0.1, 0.15) is 58.4 Å². The molecule has 0 radical (unpaired) electrons. The van der Waals surface area contributed by atoms with E-state index in [1.165, 1.54) is 4.90 Å². The number of amides is 2. The van der Waals surface area contributed by atoms with Gasteiger partial charge in [-0.1, -0.05) is 35.3 Å². The largest absolute Gasteiger partial charge is 0.369 e. The monoisotopic (exact) mass is 671 g/mol. The average molecular weight is 673 g/mol. The minimum atomic E-state index is -4.02. The summed E-state index contributed by atoms with van der Waals surface area (Å²) in [4.78, 5) is 33.8. The highest BCUT2D eigenvalue weighted by Gasteiger charge is 2.58. The molecule has 2 heterocycles. The first-order valence-electron chi connectivity index (χ1n) is 15.5. The van der Waals surface area contributed by atoms with Crippen LogP contribution >= 0.6 is 23.2 Å². The molecule has 0 bridgehead atoms. The smallest absolute Gasteiger partial charge is 0.244 e. The minimum absolute atomic E-state index is 0.00535. The van der Waals surface area contributed by atoms with Crippen molar-refractivity contribution in [1.29, 1.82) is 5.26 Å². The molecule has 4 aliphatic rings. The van der Waals surface area contributed by atoms with Gasteiger partial charge >= 0.3 is 0 Å². The molecule has 2 aromatic rings. The second-order valence-corrected chi connectivity index (χ2v) is 16.9. The number of halogens is 2. The number of nitrogens with one attached hydrogen (secondary N) is 1. The lowest BCUT2D eigenvalue weighted by atomic mass is 9.94. The first-order valence-corrected chi connectivity index (χ1v) is 17.8. The highest BCUT2D eigenvalue weighted by molar-refractivity contribution is 7.92. The van der Waals surface area contributed by atoms with Crippen LogP contribution < -0.4 is 10.2 Å². The van der Waals surface area contributed by atoms with Crippen molar-refractivity contribution in [3.05, 3.63) is 58.1 Å². The van der Waals surface area contributed by atoms with Crippen LogP contribution in [0.2, 0.25) is 10.0 Å². The van der Waals surface area contributed by atoms with Crippen LogP contribution in [0, 0.1) is 11.3 Å². The quantitative estimate of drug-likeness (QED) is 0.459. The van der Waals surface area contributed by atoms with Gasteiger partial charge in [0.25, 0.3) is 0 Å². The molecular weight excluding hydrogens is 633 g/mol. The molecule has 9 nitrogen and oxygen atoms in total. The number of nitriles is 1. The van der Waals surface area contributed by atoms with Crippen LogP contribution in [-0.2, 0) is 24.8 Å².